The topological polar surface area (TPSA) is 58.3 Å². The predicted octanol–water partition coefficient (Wildman–Crippen LogP) is 3.25. The molecule has 0 saturated carbocycles. The van der Waals surface area contributed by atoms with Gasteiger partial charge >= 0.3 is 0 Å². The number of nitrogens with zero attached hydrogens (tertiary/aromatic N) is 4. The van der Waals surface area contributed by atoms with Crippen LogP contribution in [0.1, 0.15) is 11.1 Å². The zero-order chi connectivity index (χ0) is 18.3. The van der Waals surface area contributed by atoms with E-state index in [9.17, 15) is 0 Å². The van der Waals surface area contributed by atoms with Gasteiger partial charge in [-0.3, -0.25) is 4.98 Å². The smallest absolute Gasteiger partial charge is 0.138 e. The third-order valence-corrected chi connectivity index (χ3v) is 5.49. The molecule has 0 unspecified atom stereocenters. The summed E-state index contributed by atoms with van der Waals surface area (Å²) in [4.78, 5) is 14.4. The standard InChI is InChI=1S/C21H25N5/c1-14-15(2)18(22)7-6-16(14)20-13-19-17(5-4-8-23-19)21(24-20)26-11-9-25(3)10-12-26/h4-8,13H,9-12,22H2,1-3H3. The minimum absolute atomic E-state index is 0.824. The fourth-order valence-electron chi connectivity index (χ4n) is 3.57. The minimum Gasteiger partial charge on any atom is -0.399 e. The van der Waals surface area contributed by atoms with Gasteiger partial charge in [-0.15, -0.1) is 0 Å². The van der Waals surface area contributed by atoms with Crippen LogP contribution in [0.2, 0.25) is 0 Å². The number of hydrogen-bond donors (Lipinski definition) is 1. The fraction of sp³-hybridized carbons (Fsp3) is 0.333. The van der Waals surface area contributed by atoms with Crippen molar-refractivity contribution >= 4 is 22.4 Å². The average Bonchev–Trinajstić information content (AvgIpc) is 2.66. The average molecular weight is 347 g/mol. The number of nitrogen functional groups attached to an aromatic ring is 1. The van der Waals surface area contributed by atoms with E-state index < -0.39 is 0 Å². The van der Waals surface area contributed by atoms with Crippen molar-refractivity contribution in [1.29, 1.82) is 0 Å². The van der Waals surface area contributed by atoms with Gasteiger partial charge in [0.2, 0.25) is 0 Å². The molecule has 4 rings (SSSR count). The summed E-state index contributed by atoms with van der Waals surface area (Å²) in [6, 6.07) is 10.2. The zero-order valence-corrected chi connectivity index (χ0v) is 15.7. The van der Waals surface area contributed by atoms with Gasteiger partial charge in [-0.1, -0.05) is 6.07 Å². The van der Waals surface area contributed by atoms with E-state index >= 15 is 0 Å². The Balaban J connectivity index is 1.88. The lowest BCUT2D eigenvalue weighted by molar-refractivity contribution is 0.312. The summed E-state index contributed by atoms with van der Waals surface area (Å²) >= 11 is 0. The van der Waals surface area contributed by atoms with Crippen LogP contribution in [0, 0.1) is 13.8 Å². The third kappa shape index (κ3) is 2.88. The first-order valence-corrected chi connectivity index (χ1v) is 9.10. The fourth-order valence-corrected chi connectivity index (χ4v) is 3.57. The van der Waals surface area contributed by atoms with Crippen molar-refractivity contribution in [2.45, 2.75) is 13.8 Å². The number of anilines is 2. The first kappa shape index (κ1) is 16.8. The highest BCUT2D eigenvalue weighted by molar-refractivity contribution is 5.93. The van der Waals surface area contributed by atoms with E-state index in [-0.39, 0.29) is 0 Å². The maximum absolute atomic E-state index is 6.07. The summed E-state index contributed by atoms with van der Waals surface area (Å²) < 4.78 is 0. The highest BCUT2D eigenvalue weighted by atomic mass is 15.3. The van der Waals surface area contributed by atoms with Gasteiger partial charge in [0.05, 0.1) is 11.2 Å². The summed E-state index contributed by atoms with van der Waals surface area (Å²) in [5.74, 6) is 1.03. The number of hydrogen-bond acceptors (Lipinski definition) is 5. The Kier molecular flexibility index (Phi) is 4.24. The normalized spacial score (nSPS) is 15.6. The SMILES string of the molecule is Cc1c(N)ccc(-c2cc3ncccc3c(N3CCN(C)CC3)n2)c1C. The molecule has 1 aliphatic heterocycles. The lowest BCUT2D eigenvalue weighted by atomic mass is 9.98. The van der Waals surface area contributed by atoms with Crippen molar-refractivity contribution in [2.75, 3.05) is 43.9 Å². The zero-order valence-electron chi connectivity index (χ0n) is 15.7. The second-order valence-electron chi connectivity index (χ2n) is 7.14. The van der Waals surface area contributed by atoms with Crippen LogP contribution in [0.25, 0.3) is 22.2 Å². The summed E-state index contributed by atoms with van der Waals surface area (Å²) in [6.45, 7) is 8.24. The molecular formula is C21H25N5. The summed E-state index contributed by atoms with van der Waals surface area (Å²) in [6.07, 6.45) is 1.85. The number of pyridine rings is 2. The van der Waals surface area contributed by atoms with Gasteiger partial charge in [0.25, 0.3) is 0 Å². The Bertz CT molecular complexity index is 958. The molecule has 0 spiro atoms. The second kappa shape index (κ2) is 6.57. The minimum atomic E-state index is 0.824. The van der Waals surface area contributed by atoms with E-state index in [1.54, 1.807) is 0 Å². The van der Waals surface area contributed by atoms with Crippen LogP contribution in [-0.2, 0) is 0 Å². The Morgan fingerprint density at radius 3 is 2.54 bits per heavy atom. The Labute approximate surface area is 154 Å². The lowest BCUT2D eigenvalue weighted by Gasteiger charge is -2.34. The van der Waals surface area contributed by atoms with Crippen molar-refractivity contribution in [1.82, 2.24) is 14.9 Å². The number of fused-ring (bicyclic) bond motifs is 1. The molecule has 3 aromatic rings. The van der Waals surface area contributed by atoms with E-state index in [1.807, 2.05) is 18.3 Å². The molecule has 5 nitrogen and oxygen atoms in total. The van der Waals surface area contributed by atoms with Crippen LogP contribution in [0.3, 0.4) is 0 Å². The monoisotopic (exact) mass is 347 g/mol. The van der Waals surface area contributed by atoms with Crippen molar-refractivity contribution in [3.63, 3.8) is 0 Å². The Hall–Kier alpha value is -2.66. The molecule has 26 heavy (non-hydrogen) atoms. The van der Waals surface area contributed by atoms with Crippen LogP contribution >= 0.6 is 0 Å². The predicted molar refractivity (Wildman–Crippen MR) is 109 cm³/mol. The van der Waals surface area contributed by atoms with Gasteiger partial charge in [-0.2, -0.15) is 0 Å². The Morgan fingerprint density at radius 1 is 1.00 bits per heavy atom. The van der Waals surface area contributed by atoms with Gasteiger partial charge in [-0.05, 0) is 56.3 Å². The molecule has 1 saturated heterocycles. The summed E-state index contributed by atoms with van der Waals surface area (Å²) in [5.41, 5.74) is 12.3. The number of likely N-dealkylation sites (N-methyl/N-ethyl adjacent to an activating group) is 1. The Morgan fingerprint density at radius 2 is 1.77 bits per heavy atom. The maximum Gasteiger partial charge on any atom is 0.138 e. The first-order chi connectivity index (χ1) is 12.5. The second-order valence-corrected chi connectivity index (χ2v) is 7.14. The van der Waals surface area contributed by atoms with E-state index in [0.717, 1.165) is 65.4 Å². The van der Waals surface area contributed by atoms with E-state index in [1.165, 1.54) is 5.56 Å². The van der Waals surface area contributed by atoms with Crippen molar-refractivity contribution < 1.29 is 0 Å². The van der Waals surface area contributed by atoms with Gasteiger partial charge in [0.15, 0.2) is 0 Å². The molecule has 2 aromatic heterocycles. The molecule has 134 valence electrons. The number of rotatable bonds is 2. The number of aromatic nitrogens is 2. The molecule has 0 aliphatic carbocycles. The molecule has 1 aliphatic rings. The first-order valence-electron chi connectivity index (χ1n) is 9.10. The molecule has 0 bridgehead atoms. The number of nitrogens with two attached hydrogens (primary N) is 1. The van der Waals surface area contributed by atoms with Gasteiger partial charge < -0.3 is 15.5 Å². The van der Waals surface area contributed by atoms with E-state index in [2.05, 4.69) is 53.9 Å². The van der Waals surface area contributed by atoms with Gasteiger partial charge in [0.1, 0.15) is 5.82 Å². The lowest BCUT2D eigenvalue weighted by Crippen LogP contribution is -2.44. The molecule has 3 heterocycles. The van der Waals surface area contributed by atoms with Gasteiger partial charge in [-0.25, -0.2) is 4.98 Å². The van der Waals surface area contributed by atoms with Crippen LogP contribution < -0.4 is 10.6 Å². The maximum atomic E-state index is 6.07. The molecule has 0 atom stereocenters. The number of piperazine rings is 1. The van der Waals surface area contributed by atoms with Crippen LogP contribution in [0.15, 0.2) is 36.5 Å². The highest BCUT2D eigenvalue weighted by Crippen LogP contribution is 2.33. The summed E-state index contributed by atoms with van der Waals surface area (Å²) in [7, 11) is 2.17. The van der Waals surface area contributed by atoms with Crippen LogP contribution in [0.5, 0.6) is 0 Å². The highest BCUT2D eigenvalue weighted by Gasteiger charge is 2.20. The molecular weight excluding hydrogens is 322 g/mol. The van der Waals surface area contributed by atoms with Crippen molar-refractivity contribution in [3.8, 4) is 11.3 Å². The van der Waals surface area contributed by atoms with Crippen molar-refractivity contribution in [3.05, 3.63) is 47.7 Å². The van der Waals surface area contributed by atoms with Crippen LogP contribution in [0.4, 0.5) is 11.5 Å². The molecule has 1 aromatic carbocycles. The summed E-state index contributed by atoms with van der Waals surface area (Å²) in [5, 5.41) is 1.12. The van der Waals surface area contributed by atoms with Crippen molar-refractivity contribution in [2.24, 2.45) is 0 Å². The van der Waals surface area contributed by atoms with Gasteiger partial charge in [0, 0.05) is 49.0 Å². The van der Waals surface area contributed by atoms with E-state index in [0.29, 0.717) is 0 Å². The third-order valence-electron chi connectivity index (χ3n) is 5.49. The molecule has 5 heteroatoms. The van der Waals surface area contributed by atoms with E-state index in [4.69, 9.17) is 10.7 Å². The number of benzene rings is 1. The quantitative estimate of drug-likeness (QED) is 0.721. The largest absolute Gasteiger partial charge is 0.399 e. The van der Waals surface area contributed by atoms with Crippen LogP contribution in [-0.4, -0.2) is 48.1 Å². The molecule has 2 N–H and O–H groups in total. The molecule has 0 radical (unpaired) electrons. The molecule has 1 fully saturated rings. The molecule has 0 amide bonds.